The molecule has 2 rings (SSSR count). The first-order chi connectivity index (χ1) is 9.63. The lowest BCUT2D eigenvalue weighted by Crippen LogP contribution is -2.45. The van der Waals surface area contributed by atoms with Gasteiger partial charge in [-0.2, -0.15) is 0 Å². The molecule has 1 aromatic rings. The number of phenolic OH excluding ortho intramolecular Hbond substituents is 1. The summed E-state index contributed by atoms with van der Waals surface area (Å²) in [6.07, 6.45) is 1.77. The number of aromatic hydroxyl groups is 1. The van der Waals surface area contributed by atoms with E-state index in [2.05, 4.69) is 42.8 Å². The van der Waals surface area contributed by atoms with E-state index < -0.39 is 0 Å². The fourth-order valence-electron chi connectivity index (χ4n) is 2.93. The molecule has 1 atom stereocenters. The van der Waals surface area contributed by atoms with Crippen LogP contribution in [0, 0.1) is 0 Å². The zero-order valence-corrected chi connectivity index (χ0v) is 15.1. The Hall–Kier alpha value is -0.740. The van der Waals surface area contributed by atoms with E-state index in [1.807, 2.05) is 6.07 Å². The number of hydrogen-bond acceptors (Lipinski definition) is 3. The lowest BCUT2D eigenvalue weighted by atomic mass is 9.94. The number of rotatable bonds is 5. The third-order valence-electron chi connectivity index (χ3n) is 4.02. The summed E-state index contributed by atoms with van der Waals surface area (Å²) < 4.78 is 0. The third kappa shape index (κ3) is 5.17. The van der Waals surface area contributed by atoms with Gasteiger partial charge in [-0.1, -0.05) is 30.7 Å². The molecule has 3 nitrogen and oxygen atoms in total. The van der Waals surface area contributed by atoms with E-state index >= 15 is 0 Å². The Morgan fingerprint density at radius 2 is 1.95 bits per heavy atom. The maximum atomic E-state index is 10.5. The minimum atomic E-state index is 0. The highest BCUT2D eigenvalue weighted by Crippen LogP contribution is 2.35. The van der Waals surface area contributed by atoms with Gasteiger partial charge in [-0.3, -0.25) is 4.90 Å². The summed E-state index contributed by atoms with van der Waals surface area (Å²) in [6.45, 7) is 12.3. The van der Waals surface area contributed by atoms with Crippen molar-refractivity contribution in [2.24, 2.45) is 0 Å². The molecule has 1 heterocycles. The van der Waals surface area contributed by atoms with Crippen molar-refractivity contribution in [3.8, 4) is 5.75 Å². The van der Waals surface area contributed by atoms with E-state index in [-0.39, 0.29) is 30.9 Å². The molecule has 0 saturated carbocycles. The van der Waals surface area contributed by atoms with Gasteiger partial charge in [0.2, 0.25) is 0 Å². The molecule has 2 N–H and O–H groups in total. The van der Waals surface area contributed by atoms with Crippen molar-refractivity contribution in [1.29, 1.82) is 0 Å². The predicted octanol–water partition coefficient (Wildman–Crippen LogP) is 3.71. The van der Waals surface area contributed by atoms with Crippen molar-refractivity contribution in [2.75, 3.05) is 26.2 Å². The van der Waals surface area contributed by atoms with Crippen molar-refractivity contribution in [1.82, 2.24) is 10.2 Å². The highest BCUT2D eigenvalue weighted by molar-refractivity contribution is 5.85. The van der Waals surface area contributed by atoms with E-state index in [1.54, 1.807) is 0 Å². The number of nitrogens with zero attached hydrogens (tertiary/aromatic N) is 1. The van der Waals surface area contributed by atoms with Crippen LogP contribution >= 0.6 is 24.8 Å². The lowest BCUT2D eigenvalue weighted by Gasteiger charge is -2.36. The first-order valence-electron chi connectivity index (χ1n) is 7.53. The molecule has 0 radical (unpaired) electrons. The predicted molar refractivity (Wildman–Crippen MR) is 98.6 cm³/mol. The lowest BCUT2D eigenvalue weighted by molar-refractivity contribution is 0.170. The molecule has 22 heavy (non-hydrogen) atoms. The molecule has 0 unspecified atom stereocenters. The molecule has 0 aromatic heterocycles. The molecule has 1 aromatic carbocycles. The quantitative estimate of drug-likeness (QED) is 0.797. The number of phenols is 1. The highest BCUT2D eigenvalue weighted by atomic mass is 35.5. The fraction of sp³-hybridized carbons (Fsp3) is 0.529. The van der Waals surface area contributed by atoms with Crippen LogP contribution < -0.4 is 5.32 Å². The van der Waals surface area contributed by atoms with Crippen molar-refractivity contribution >= 4 is 24.8 Å². The molecular formula is C17H28Cl2N2O. The van der Waals surface area contributed by atoms with Crippen LogP contribution in [0.5, 0.6) is 5.75 Å². The molecule has 126 valence electrons. The molecule has 0 bridgehead atoms. The molecule has 1 saturated heterocycles. The van der Waals surface area contributed by atoms with Gasteiger partial charge in [0.25, 0.3) is 0 Å². The first kappa shape index (κ1) is 21.3. The van der Waals surface area contributed by atoms with E-state index in [1.165, 1.54) is 0 Å². The van der Waals surface area contributed by atoms with Crippen LogP contribution in [-0.4, -0.2) is 36.2 Å². The minimum Gasteiger partial charge on any atom is -0.507 e. The van der Waals surface area contributed by atoms with Crippen molar-refractivity contribution in [2.45, 2.75) is 32.7 Å². The Balaban J connectivity index is 0.00000220. The monoisotopic (exact) mass is 346 g/mol. The summed E-state index contributed by atoms with van der Waals surface area (Å²) in [4.78, 5) is 2.46. The summed E-state index contributed by atoms with van der Waals surface area (Å²) in [5.74, 6) is 0.472. The Morgan fingerprint density at radius 1 is 1.32 bits per heavy atom. The van der Waals surface area contributed by atoms with Crippen LogP contribution in [0.4, 0.5) is 0 Å². The maximum absolute atomic E-state index is 10.5. The van der Waals surface area contributed by atoms with Gasteiger partial charge < -0.3 is 10.4 Å². The molecule has 0 spiro atoms. The molecule has 1 fully saturated rings. The highest BCUT2D eigenvalue weighted by Gasteiger charge is 2.25. The van der Waals surface area contributed by atoms with Crippen molar-refractivity contribution < 1.29 is 5.11 Å². The van der Waals surface area contributed by atoms with Crippen LogP contribution in [0.2, 0.25) is 0 Å². The third-order valence-corrected chi connectivity index (χ3v) is 4.02. The van der Waals surface area contributed by atoms with Crippen LogP contribution in [0.1, 0.15) is 37.4 Å². The van der Waals surface area contributed by atoms with Crippen LogP contribution in [0.25, 0.3) is 0 Å². The van der Waals surface area contributed by atoms with Gasteiger partial charge in [0.05, 0.1) is 0 Å². The Labute approximate surface area is 146 Å². The molecule has 1 aliphatic rings. The standard InChI is InChI=1S/C17H26N2O.2ClH/c1-4-14-6-5-7-15(17(14)20)16(12-13(2)3)19-10-8-18-9-11-19;;/h5-7,16,18,20H,2,4,8-12H2,1,3H3;2*1H/t16-;;/m1../s1. The van der Waals surface area contributed by atoms with Gasteiger partial charge in [-0.15, -0.1) is 31.4 Å². The summed E-state index contributed by atoms with van der Waals surface area (Å²) in [5.41, 5.74) is 3.24. The number of para-hydroxylation sites is 1. The number of aryl methyl sites for hydroxylation is 1. The van der Waals surface area contributed by atoms with Crippen molar-refractivity contribution in [3.63, 3.8) is 0 Å². The van der Waals surface area contributed by atoms with Gasteiger partial charge in [-0.05, 0) is 25.3 Å². The number of piperazine rings is 1. The molecule has 5 heteroatoms. The van der Waals surface area contributed by atoms with Gasteiger partial charge in [-0.25, -0.2) is 0 Å². The van der Waals surface area contributed by atoms with E-state index in [0.717, 1.165) is 55.7 Å². The number of nitrogens with one attached hydrogen (secondary N) is 1. The molecular weight excluding hydrogens is 319 g/mol. The number of hydrogen-bond donors (Lipinski definition) is 2. The SMILES string of the molecule is C=C(C)C[C@H](c1cccc(CC)c1O)N1CCNCC1.Cl.Cl. The summed E-state index contributed by atoms with van der Waals surface area (Å²) in [7, 11) is 0. The number of halogens is 2. The first-order valence-corrected chi connectivity index (χ1v) is 7.53. The maximum Gasteiger partial charge on any atom is 0.123 e. The fourth-order valence-corrected chi connectivity index (χ4v) is 2.93. The van der Waals surface area contributed by atoms with E-state index in [4.69, 9.17) is 0 Å². The topological polar surface area (TPSA) is 35.5 Å². The average molecular weight is 347 g/mol. The Morgan fingerprint density at radius 3 is 2.50 bits per heavy atom. The van der Waals surface area contributed by atoms with Gasteiger partial charge in [0.1, 0.15) is 5.75 Å². The second-order valence-electron chi connectivity index (χ2n) is 5.67. The Bertz CT molecular complexity index is 474. The van der Waals surface area contributed by atoms with Crippen LogP contribution in [0.15, 0.2) is 30.4 Å². The van der Waals surface area contributed by atoms with Crippen LogP contribution in [0.3, 0.4) is 0 Å². The zero-order chi connectivity index (χ0) is 14.5. The minimum absolute atomic E-state index is 0. The summed E-state index contributed by atoms with van der Waals surface area (Å²) in [5, 5.41) is 13.9. The van der Waals surface area contributed by atoms with Crippen molar-refractivity contribution in [3.05, 3.63) is 41.5 Å². The second kappa shape index (κ2) is 10.1. The average Bonchev–Trinajstić information content (AvgIpc) is 2.46. The van der Waals surface area contributed by atoms with Crippen LogP contribution in [-0.2, 0) is 6.42 Å². The normalized spacial score (nSPS) is 16.3. The summed E-state index contributed by atoms with van der Waals surface area (Å²) >= 11 is 0. The van der Waals surface area contributed by atoms with Gasteiger partial charge in [0.15, 0.2) is 0 Å². The van der Waals surface area contributed by atoms with E-state index in [9.17, 15) is 5.11 Å². The largest absolute Gasteiger partial charge is 0.507 e. The second-order valence-corrected chi connectivity index (χ2v) is 5.67. The molecule has 0 amide bonds. The smallest absolute Gasteiger partial charge is 0.123 e. The molecule has 0 aliphatic carbocycles. The van der Waals surface area contributed by atoms with E-state index in [0.29, 0.717) is 5.75 Å². The zero-order valence-electron chi connectivity index (χ0n) is 13.5. The van der Waals surface area contributed by atoms with Gasteiger partial charge >= 0.3 is 0 Å². The summed E-state index contributed by atoms with van der Waals surface area (Å²) in [6, 6.07) is 6.36. The van der Waals surface area contributed by atoms with Gasteiger partial charge in [0, 0.05) is 37.8 Å². The molecule has 1 aliphatic heterocycles. The Kier molecular flexibility index (Phi) is 9.77. The number of benzene rings is 1.